The van der Waals surface area contributed by atoms with Gasteiger partial charge >= 0.3 is 0 Å². The molecule has 1 aromatic heterocycles. The van der Waals surface area contributed by atoms with E-state index in [-0.39, 0.29) is 11.9 Å². The van der Waals surface area contributed by atoms with Crippen LogP contribution in [0.2, 0.25) is 0 Å². The summed E-state index contributed by atoms with van der Waals surface area (Å²) in [7, 11) is 3.55. The maximum atomic E-state index is 13.2. The molecule has 0 saturated carbocycles. The highest BCUT2D eigenvalue weighted by atomic mass is 16.5. The number of ether oxygens (including phenoxy) is 1. The number of methoxy groups -OCH3 is 1. The van der Waals surface area contributed by atoms with Gasteiger partial charge in [-0.2, -0.15) is 5.10 Å². The van der Waals surface area contributed by atoms with Crippen LogP contribution < -0.4 is 0 Å². The normalized spacial score (nSPS) is 18.8. The van der Waals surface area contributed by atoms with Gasteiger partial charge in [0.1, 0.15) is 0 Å². The Bertz CT molecular complexity index is 724. The Morgan fingerprint density at radius 2 is 2.00 bits per heavy atom. The first-order valence-corrected chi connectivity index (χ1v) is 8.43. The van der Waals surface area contributed by atoms with E-state index in [4.69, 9.17) is 4.74 Å². The van der Waals surface area contributed by atoms with Gasteiger partial charge in [0.25, 0.3) is 5.91 Å². The highest BCUT2D eigenvalue weighted by molar-refractivity contribution is 5.83. The largest absolute Gasteiger partial charge is 0.367 e. The summed E-state index contributed by atoms with van der Waals surface area (Å²) in [5.41, 5.74) is 4.22. The Balaban J connectivity index is 1.91. The van der Waals surface area contributed by atoms with Gasteiger partial charge in [-0.25, -0.2) is 0 Å². The summed E-state index contributed by atoms with van der Waals surface area (Å²) in [6.45, 7) is 4.86. The number of carbonyl (C=O) groups is 1. The zero-order valence-electron chi connectivity index (χ0n) is 14.8. The Morgan fingerprint density at radius 3 is 2.58 bits per heavy atom. The summed E-state index contributed by atoms with van der Waals surface area (Å²) in [5, 5.41) is 4.52. The van der Waals surface area contributed by atoms with Crippen molar-refractivity contribution in [2.24, 2.45) is 7.05 Å². The first kappa shape index (κ1) is 16.7. The molecule has 1 aliphatic heterocycles. The Kier molecular flexibility index (Phi) is 4.71. The van der Waals surface area contributed by atoms with Crippen LogP contribution in [-0.4, -0.2) is 34.2 Å². The van der Waals surface area contributed by atoms with E-state index in [0.717, 1.165) is 36.3 Å². The van der Waals surface area contributed by atoms with Gasteiger partial charge in [-0.1, -0.05) is 30.3 Å². The molecule has 0 N–H and O–H groups in total. The lowest BCUT2D eigenvalue weighted by atomic mass is 10.0. The molecule has 1 fully saturated rings. The Morgan fingerprint density at radius 1 is 1.29 bits per heavy atom. The molecular weight excluding hydrogens is 302 g/mol. The lowest BCUT2D eigenvalue weighted by Gasteiger charge is -2.29. The zero-order chi connectivity index (χ0) is 17.3. The van der Waals surface area contributed by atoms with Gasteiger partial charge in [0.15, 0.2) is 6.10 Å². The van der Waals surface area contributed by atoms with E-state index < -0.39 is 6.10 Å². The van der Waals surface area contributed by atoms with Crippen molar-refractivity contribution in [3.8, 4) is 0 Å². The predicted molar refractivity (Wildman–Crippen MR) is 92.6 cm³/mol. The molecule has 2 aromatic rings. The summed E-state index contributed by atoms with van der Waals surface area (Å²) in [4.78, 5) is 15.1. The molecule has 0 radical (unpaired) electrons. The fraction of sp³-hybridized carbons (Fsp3) is 0.474. The highest BCUT2D eigenvalue weighted by Crippen LogP contribution is 2.37. The van der Waals surface area contributed by atoms with Crippen LogP contribution in [0.25, 0.3) is 0 Å². The topological polar surface area (TPSA) is 47.4 Å². The van der Waals surface area contributed by atoms with Crippen LogP contribution in [0.1, 0.15) is 47.5 Å². The second kappa shape index (κ2) is 6.77. The Hall–Kier alpha value is -2.14. The maximum Gasteiger partial charge on any atom is 0.256 e. The summed E-state index contributed by atoms with van der Waals surface area (Å²) < 4.78 is 7.45. The number of amides is 1. The molecule has 1 amide bonds. The minimum atomic E-state index is -0.552. The van der Waals surface area contributed by atoms with Crippen LogP contribution in [0.3, 0.4) is 0 Å². The van der Waals surface area contributed by atoms with E-state index in [1.807, 2.05) is 53.9 Å². The molecule has 24 heavy (non-hydrogen) atoms. The fourth-order valence-corrected chi connectivity index (χ4v) is 3.76. The van der Waals surface area contributed by atoms with E-state index in [1.54, 1.807) is 7.11 Å². The summed E-state index contributed by atoms with van der Waals surface area (Å²) in [6, 6.07) is 9.79. The maximum absolute atomic E-state index is 13.2. The lowest BCUT2D eigenvalue weighted by Crippen LogP contribution is -2.35. The molecule has 5 nitrogen and oxygen atoms in total. The van der Waals surface area contributed by atoms with Crippen molar-refractivity contribution < 1.29 is 9.53 Å². The number of aromatic nitrogens is 2. The van der Waals surface area contributed by atoms with Gasteiger partial charge in [-0.05, 0) is 32.3 Å². The minimum absolute atomic E-state index is 0.0360. The first-order valence-electron chi connectivity index (χ1n) is 8.43. The molecule has 2 heterocycles. The van der Waals surface area contributed by atoms with Crippen molar-refractivity contribution in [2.75, 3.05) is 13.7 Å². The van der Waals surface area contributed by atoms with Crippen molar-refractivity contribution in [1.82, 2.24) is 14.7 Å². The average Bonchev–Trinajstić information content (AvgIpc) is 3.14. The molecule has 5 heteroatoms. The minimum Gasteiger partial charge on any atom is -0.367 e. The zero-order valence-corrected chi connectivity index (χ0v) is 14.8. The number of nitrogens with zero attached hydrogens (tertiary/aromatic N) is 3. The molecule has 0 unspecified atom stereocenters. The molecule has 128 valence electrons. The first-order chi connectivity index (χ1) is 11.5. The van der Waals surface area contributed by atoms with Crippen molar-refractivity contribution in [3.05, 3.63) is 52.8 Å². The SMILES string of the molecule is CO[C@@H](C(=O)N1CCC[C@H]1c1c(C)nn(C)c1C)c1ccccc1. The summed E-state index contributed by atoms with van der Waals surface area (Å²) >= 11 is 0. The highest BCUT2D eigenvalue weighted by Gasteiger charge is 2.37. The van der Waals surface area contributed by atoms with Crippen LogP contribution in [-0.2, 0) is 16.6 Å². The average molecular weight is 327 g/mol. The predicted octanol–water partition coefficient (Wildman–Crippen LogP) is 3.09. The second-order valence-corrected chi connectivity index (χ2v) is 6.42. The number of benzene rings is 1. The van der Waals surface area contributed by atoms with Crippen molar-refractivity contribution in [2.45, 2.75) is 38.8 Å². The van der Waals surface area contributed by atoms with Gasteiger partial charge in [-0.3, -0.25) is 9.48 Å². The van der Waals surface area contributed by atoms with Gasteiger partial charge in [0.05, 0.1) is 11.7 Å². The quantitative estimate of drug-likeness (QED) is 0.867. The standard InChI is InChI=1S/C19H25N3O2/c1-13-17(14(2)21(3)20-13)16-11-8-12-22(16)19(23)18(24-4)15-9-6-5-7-10-15/h5-7,9-10,16,18H,8,11-12H2,1-4H3/t16-,18+/m0/s1. The van der Waals surface area contributed by atoms with Crippen LogP contribution in [0.4, 0.5) is 0 Å². The van der Waals surface area contributed by atoms with Crippen LogP contribution in [0.15, 0.2) is 30.3 Å². The van der Waals surface area contributed by atoms with E-state index in [2.05, 4.69) is 12.0 Å². The van der Waals surface area contributed by atoms with Crippen molar-refractivity contribution >= 4 is 5.91 Å². The van der Waals surface area contributed by atoms with Crippen molar-refractivity contribution in [1.29, 1.82) is 0 Å². The van der Waals surface area contributed by atoms with Gasteiger partial charge < -0.3 is 9.64 Å². The summed E-state index contributed by atoms with van der Waals surface area (Å²) in [5.74, 6) is 0.0360. The smallest absolute Gasteiger partial charge is 0.256 e. The van der Waals surface area contributed by atoms with E-state index >= 15 is 0 Å². The molecule has 1 aliphatic rings. The molecule has 1 saturated heterocycles. The molecular formula is C19H25N3O2. The number of likely N-dealkylation sites (tertiary alicyclic amines) is 1. The molecule has 0 bridgehead atoms. The number of rotatable bonds is 4. The Labute approximate surface area is 143 Å². The number of hydrogen-bond donors (Lipinski definition) is 0. The molecule has 0 spiro atoms. The van der Waals surface area contributed by atoms with Crippen LogP contribution >= 0.6 is 0 Å². The van der Waals surface area contributed by atoms with E-state index in [9.17, 15) is 4.79 Å². The summed E-state index contributed by atoms with van der Waals surface area (Å²) in [6.07, 6.45) is 1.43. The van der Waals surface area contributed by atoms with Crippen LogP contribution in [0, 0.1) is 13.8 Å². The molecule has 0 aliphatic carbocycles. The number of carbonyl (C=O) groups excluding carboxylic acids is 1. The van der Waals surface area contributed by atoms with E-state index in [1.165, 1.54) is 5.56 Å². The third-order valence-corrected chi connectivity index (χ3v) is 5.00. The second-order valence-electron chi connectivity index (χ2n) is 6.42. The number of aryl methyl sites for hydroxylation is 2. The third-order valence-electron chi connectivity index (χ3n) is 5.00. The third kappa shape index (κ3) is 2.84. The van der Waals surface area contributed by atoms with Gasteiger partial charge in [0, 0.05) is 32.0 Å². The monoisotopic (exact) mass is 327 g/mol. The van der Waals surface area contributed by atoms with E-state index in [0.29, 0.717) is 0 Å². The van der Waals surface area contributed by atoms with Gasteiger partial charge in [-0.15, -0.1) is 0 Å². The molecule has 1 aromatic carbocycles. The lowest BCUT2D eigenvalue weighted by molar-refractivity contribution is -0.143. The molecule has 2 atom stereocenters. The van der Waals surface area contributed by atoms with Crippen molar-refractivity contribution in [3.63, 3.8) is 0 Å². The molecule has 3 rings (SSSR count). The number of hydrogen-bond acceptors (Lipinski definition) is 3. The van der Waals surface area contributed by atoms with Crippen LogP contribution in [0.5, 0.6) is 0 Å². The van der Waals surface area contributed by atoms with Gasteiger partial charge in [0.2, 0.25) is 0 Å². The fourth-order valence-electron chi connectivity index (χ4n) is 3.76.